The highest BCUT2D eigenvalue weighted by atomic mass is 35.5. The van der Waals surface area contributed by atoms with Crippen LogP contribution >= 0.6 is 11.6 Å². The summed E-state index contributed by atoms with van der Waals surface area (Å²) in [5, 5.41) is 7.59. The van der Waals surface area contributed by atoms with Crippen molar-refractivity contribution >= 4 is 46.4 Å². The first kappa shape index (κ1) is 24.9. The first-order valence-electron chi connectivity index (χ1n) is 11.4. The van der Waals surface area contributed by atoms with Crippen LogP contribution in [0.2, 0.25) is 5.02 Å². The number of guanidine groups is 1. The molecule has 0 radical (unpaired) electrons. The standard InChI is InChI=1S/C27H27ClN6O2/c1-17-14-18(2)32-27(31-17)34-26(33-25(35)11-6-19-4-7-21(28)8-5-19)29-13-12-20-16-30-24-15-22(36-3)9-10-23(20)24/h4-11,14-16,30H,12-13H2,1-3H3,(H2,29,31,32,33,34,35). The van der Waals surface area contributed by atoms with Crippen LogP contribution in [0.15, 0.2) is 65.8 Å². The number of hydrogen-bond acceptors (Lipinski definition) is 5. The van der Waals surface area contributed by atoms with Gasteiger partial charge in [0.1, 0.15) is 5.75 Å². The molecule has 0 unspecified atom stereocenters. The number of nitrogens with one attached hydrogen (secondary N) is 3. The molecule has 0 aliphatic carbocycles. The Hall–Kier alpha value is -4.17. The number of hydrogen-bond donors (Lipinski definition) is 3. The monoisotopic (exact) mass is 502 g/mol. The van der Waals surface area contributed by atoms with E-state index in [0.717, 1.165) is 39.2 Å². The average molecular weight is 503 g/mol. The molecule has 0 saturated heterocycles. The van der Waals surface area contributed by atoms with Gasteiger partial charge in [-0.1, -0.05) is 23.7 Å². The average Bonchev–Trinajstić information content (AvgIpc) is 3.25. The number of aliphatic imine (C=N–C) groups is 1. The van der Waals surface area contributed by atoms with Crippen molar-refractivity contribution in [3.8, 4) is 5.75 Å². The molecule has 4 rings (SSSR count). The molecule has 1 amide bonds. The Balaban J connectivity index is 1.49. The highest BCUT2D eigenvalue weighted by Gasteiger charge is 2.09. The van der Waals surface area contributed by atoms with Crippen molar-refractivity contribution in [2.24, 2.45) is 4.99 Å². The zero-order valence-corrected chi connectivity index (χ0v) is 21.1. The summed E-state index contributed by atoms with van der Waals surface area (Å²) in [6.07, 6.45) is 5.78. The van der Waals surface area contributed by atoms with E-state index in [2.05, 4.69) is 30.6 Å². The smallest absolute Gasteiger partial charge is 0.250 e. The van der Waals surface area contributed by atoms with Crippen molar-refractivity contribution in [2.75, 3.05) is 19.0 Å². The number of methoxy groups -OCH3 is 1. The van der Waals surface area contributed by atoms with Gasteiger partial charge in [0, 0.05) is 52.2 Å². The molecule has 8 nitrogen and oxygen atoms in total. The normalized spacial score (nSPS) is 11.7. The summed E-state index contributed by atoms with van der Waals surface area (Å²) in [4.78, 5) is 29.3. The fraction of sp³-hybridized carbons (Fsp3) is 0.185. The number of rotatable bonds is 7. The minimum absolute atomic E-state index is 0.271. The molecule has 0 atom stereocenters. The summed E-state index contributed by atoms with van der Waals surface area (Å²) in [6, 6.07) is 15.0. The van der Waals surface area contributed by atoms with Crippen LogP contribution in [0.1, 0.15) is 22.5 Å². The third-order valence-corrected chi connectivity index (χ3v) is 5.63. The minimum Gasteiger partial charge on any atom is -0.497 e. The zero-order chi connectivity index (χ0) is 25.5. The van der Waals surface area contributed by atoms with Crippen molar-refractivity contribution in [1.82, 2.24) is 20.3 Å². The van der Waals surface area contributed by atoms with E-state index < -0.39 is 0 Å². The number of benzene rings is 2. The summed E-state index contributed by atoms with van der Waals surface area (Å²) in [6.45, 7) is 4.21. The number of aromatic nitrogens is 3. The third kappa shape index (κ3) is 6.70. The van der Waals surface area contributed by atoms with Gasteiger partial charge in [0.05, 0.1) is 7.11 Å². The van der Waals surface area contributed by atoms with Crippen molar-refractivity contribution in [2.45, 2.75) is 20.3 Å². The SMILES string of the molecule is COc1ccc2c(CCN=C(NC(=O)C=Cc3ccc(Cl)cc3)Nc3nc(C)cc(C)n3)c[nH]c2c1. The highest BCUT2D eigenvalue weighted by Crippen LogP contribution is 2.23. The number of nitrogens with zero attached hydrogens (tertiary/aromatic N) is 3. The lowest BCUT2D eigenvalue weighted by molar-refractivity contribution is -0.115. The van der Waals surface area contributed by atoms with Crippen LogP contribution in [0.25, 0.3) is 17.0 Å². The van der Waals surface area contributed by atoms with Gasteiger partial charge in [-0.25, -0.2) is 9.97 Å². The van der Waals surface area contributed by atoms with Crippen molar-refractivity contribution in [3.63, 3.8) is 0 Å². The molecule has 0 aliphatic rings. The number of aryl methyl sites for hydroxylation is 2. The fourth-order valence-electron chi connectivity index (χ4n) is 3.69. The lowest BCUT2D eigenvalue weighted by Gasteiger charge is -2.10. The highest BCUT2D eigenvalue weighted by molar-refractivity contribution is 6.30. The maximum atomic E-state index is 12.6. The van der Waals surface area contributed by atoms with Gasteiger partial charge in [-0.15, -0.1) is 0 Å². The fourth-order valence-corrected chi connectivity index (χ4v) is 3.82. The first-order chi connectivity index (χ1) is 17.4. The van der Waals surface area contributed by atoms with E-state index >= 15 is 0 Å². The second-order valence-electron chi connectivity index (χ2n) is 8.18. The number of anilines is 1. The predicted octanol–water partition coefficient (Wildman–Crippen LogP) is 5.08. The molecule has 9 heteroatoms. The van der Waals surface area contributed by atoms with E-state index in [-0.39, 0.29) is 11.9 Å². The minimum atomic E-state index is -0.334. The van der Waals surface area contributed by atoms with Crippen LogP contribution in [0.4, 0.5) is 5.95 Å². The molecule has 0 aliphatic heterocycles. The van der Waals surface area contributed by atoms with Crippen molar-refractivity contribution < 1.29 is 9.53 Å². The summed E-state index contributed by atoms with van der Waals surface area (Å²) >= 11 is 5.93. The molecule has 36 heavy (non-hydrogen) atoms. The summed E-state index contributed by atoms with van der Waals surface area (Å²) < 4.78 is 5.29. The Kier molecular flexibility index (Phi) is 7.97. The number of H-pyrrole nitrogens is 1. The summed E-state index contributed by atoms with van der Waals surface area (Å²) in [7, 11) is 1.65. The Morgan fingerprint density at radius 1 is 1.11 bits per heavy atom. The van der Waals surface area contributed by atoms with Gasteiger partial charge in [-0.05, 0) is 67.8 Å². The molecule has 184 valence electrons. The molecule has 3 N–H and O–H groups in total. The first-order valence-corrected chi connectivity index (χ1v) is 11.8. The van der Waals surface area contributed by atoms with Gasteiger partial charge < -0.3 is 9.72 Å². The van der Waals surface area contributed by atoms with Gasteiger partial charge >= 0.3 is 0 Å². The quantitative estimate of drug-likeness (QED) is 0.186. The van der Waals surface area contributed by atoms with Gasteiger partial charge in [0.2, 0.25) is 11.9 Å². The Labute approximate surface area is 214 Å². The van der Waals surface area contributed by atoms with Crippen molar-refractivity contribution in [1.29, 1.82) is 0 Å². The number of aromatic amines is 1. The lowest BCUT2D eigenvalue weighted by atomic mass is 10.1. The number of carbonyl (C=O) groups excluding carboxylic acids is 1. The van der Waals surface area contributed by atoms with Crippen LogP contribution < -0.4 is 15.4 Å². The van der Waals surface area contributed by atoms with E-state index in [1.165, 1.54) is 6.08 Å². The molecule has 2 aromatic carbocycles. The Morgan fingerprint density at radius 3 is 2.58 bits per heavy atom. The van der Waals surface area contributed by atoms with Gasteiger partial charge in [0.15, 0.2) is 0 Å². The number of halogens is 1. The molecule has 0 saturated carbocycles. The topological polar surface area (TPSA) is 104 Å². The van der Waals surface area contributed by atoms with E-state index in [0.29, 0.717) is 23.9 Å². The number of carbonyl (C=O) groups is 1. The van der Waals surface area contributed by atoms with E-state index in [9.17, 15) is 4.79 Å². The maximum Gasteiger partial charge on any atom is 0.250 e. The number of amides is 1. The number of ether oxygens (including phenoxy) is 1. The second-order valence-corrected chi connectivity index (χ2v) is 8.62. The van der Waals surface area contributed by atoms with Gasteiger partial charge in [0.25, 0.3) is 5.91 Å². The van der Waals surface area contributed by atoms with Gasteiger partial charge in [-0.3, -0.25) is 20.4 Å². The third-order valence-electron chi connectivity index (χ3n) is 5.38. The molecule has 0 fully saturated rings. The number of fused-ring (bicyclic) bond motifs is 1. The van der Waals surface area contributed by atoms with Crippen LogP contribution in [0.3, 0.4) is 0 Å². The largest absolute Gasteiger partial charge is 0.497 e. The molecule has 0 bridgehead atoms. The van der Waals surface area contributed by atoms with Gasteiger partial charge in [-0.2, -0.15) is 0 Å². The predicted molar refractivity (Wildman–Crippen MR) is 145 cm³/mol. The zero-order valence-electron chi connectivity index (χ0n) is 20.3. The maximum absolute atomic E-state index is 12.6. The molecule has 2 heterocycles. The van der Waals surface area contributed by atoms with Crippen LogP contribution in [-0.2, 0) is 11.2 Å². The van der Waals surface area contributed by atoms with E-state index in [1.807, 2.05) is 56.4 Å². The summed E-state index contributed by atoms with van der Waals surface area (Å²) in [5.74, 6) is 1.10. The van der Waals surface area contributed by atoms with Crippen LogP contribution in [0, 0.1) is 13.8 Å². The summed E-state index contributed by atoms with van der Waals surface area (Å²) in [5.41, 5.74) is 4.60. The second kappa shape index (κ2) is 11.5. The molecule has 0 spiro atoms. The Bertz CT molecular complexity index is 1410. The lowest BCUT2D eigenvalue weighted by Crippen LogP contribution is -2.35. The molecule has 2 aromatic heterocycles. The van der Waals surface area contributed by atoms with E-state index in [4.69, 9.17) is 16.3 Å². The van der Waals surface area contributed by atoms with Crippen molar-refractivity contribution in [3.05, 3.63) is 88.3 Å². The molecular weight excluding hydrogens is 476 g/mol. The molecular formula is C27H27ClN6O2. The van der Waals surface area contributed by atoms with Crippen LogP contribution in [-0.4, -0.2) is 40.5 Å². The molecule has 4 aromatic rings. The van der Waals surface area contributed by atoms with Crippen LogP contribution in [0.5, 0.6) is 5.75 Å². The van der Waals surface area contributed by atoms with E-state index in [1.54, 1.807) is 25.3 Å². The Morgan fingerprint density at radius 2 is 1.86 bits per heavy atom.